The van der Waals surface area contributed by atoms with Crippen LogP contribution in [0.15, 0.2) is 0 Å². The maximum Gasteiger partial charge on any atom is 0.306 e. The molecule has 0 aliphatic heterocycles. The highest BCUT2D eigenvalue weighted by molar-refractivity contribution is 5.81. The normalized spacial score (nSPS) is 13.8. The first-order chi connectivity index (χ1) is 8.99. The number of amides is 1. The maximum absolute atomic E-state index is 11.6. The van der Waals surface area contributed by atoms with Crippen LogP contribution < -0.4 is 5.32 Å². The van der Waals surface area contributed by atoms with Crippen molar-refractivity contribution in [2.24, 2.45) is 5.41 Å². The molecule has 0 aromatic heterocycles. The Hall–Kier alpha value is -1.14. The standard InChI is InChI=1S/C14H27NO5/c1-13(2,3)20-10(17)7-6-8-15-12(19)11(18)14(4,5)9-16/h11,16,18H,6-9H2,1-5H3,(H,15,19)/t11-/m0/s1. The second-order valence-corrected chi connectivity index (χ2v) is 6.53. The van der Waals surface area contributed by atoms with Gasteiger partial charge in [-0.1, -0.05) is 13.8 Å². The van der Waals surface area contributed by atoms with E-state index in [-0.39, 0.29) is 25.5 Å². The fourth-order valence-corrected chi connectivity index (χ4v) is 1.37. The summed E-state index contributed by atoms with van der Waals surface area (Å²) in [6.07, 6.45) is -0.640. The Balaban J connectivity index is 3.97. The van der Waals surface area contributed by atoms with Crippen molar-refractivity contribution < 1.29 is 24.5 Å². The largest absolute Gasteiger partial charge is 0.460 e. The number of rotatable bonds is 7. The molecule has 0 aromatic rings. The number of esters is 1. The lowest BCUT2D eigenvalue weighted by Gasteiger charge is -2.27. The van der Waals surface area contributed by atoms with Gasteiger partial charge in [-0.05, 0) is 27.2 Å². The molecule has 6 nitrogen and oxygen atoms in total. The zero-order valence-electron chi connectivity index (χ0n) is 13.0. The monoisotopic (exact) mass is 289 g/mol. The lowest BCUT2D eigenvalue weighted by atomic mass is 9.87. The van der Waals surface area contributed by atoms with Gasteiger partial charge < -0.3 is 20.3 Å². The smallest absolute Gasteiger partial charge is 0.306 e. The van der Waals surface area contributed by atoms with Crippen LogP contribution >= 0.6 is 0 Å². The van der Waals surface area contributed by atoms with Crippen molar-refractivity contribution in [3.05, 3.63) is 0 Å². The molecule has 1 amide bonds. The van der Waals surface area contributed by atoms with Crippen molar-refractivity contribution in [3.63, 3.8) is 0 Å². The molecule has 6 heteroatoms. The quantitative estimate of drug-likeness (QED) is 0.471. The van der Waals surface area contributed by atoms with Gasteiger partial charge in [0, 0.05) is 18.4 Å². The summed E-state index contributed by atoms with van der Waals surface area (Å²) in [5, 5.41) is 21.3. The van der Waals surface area contributed by atoms with Crippen molar-refractivity contribution in [2.45, 2.75) is 59.2 Å². The summed E-state index contributed by atoms with van der Waals surface area (Å²) >= 11 is 0. The molecular formula is C14H27NO5. The average molecular weight is 289 g/mol. The van der Waals surface area contributed by atoms with E-state index in [1.54, 1.807) is 34.6 Å². The highest BCUT2D eigenvalue weighted by Gasteiger charge is 2.32. The zero-order chi connectivity index (χ0) is 16.0. The van der Waals surface area contributed by atoms with Gasteiger partial charge in [-0.3, -0.25) is 9.59 Å². The van der Waals surface area contributed by atoms with Gasteiger partial charge in [0.05, 0.1) is 6.61 Å². The highest BCUT2D eigenvalue weighted by atomic mass is 16.6. The maximum atomic E-state index is 11.6. The summed E-state index contributed by atoms with van der Waals surface area (Å²) in [5.74, 6) is -0.865. The van der Waals surface area contributed by atoms with Crippen LogP contribution in [0, 0.1) is 5.41 Å². The Morgan fingerprint density at radius 3 is 2.20 bits per heavy atom. The fraction of sp³-hybridized carbons (Fsp3) is 0.857. The topological polar surface area (TPSA) is 95.9 Å². The zero-order valence-corrected chi connectivity index (χ0v) is 13.0. The Labute approximate surface area is 120 Å². The van der Waals surface area contributed by atoms with Crippen LogP contribution in [0.4, 0.5) is 0 Å². The molecule has 0 rings (SSSR count). The third kappa shape index (κ3) is 7.45. The van der Waals surface area contributed by atoms with E-state index in [0.29, 0.717) is 6.42 Å². The number of hydrogen-bond donors (Lipinski definition) is 3. The van der Waals surface area contributed by atoms with Crippen LogP contribution in [0.2, 0.25) is 0 Å². The molecule has 20 heavy (non-hydrogen) atoms. The number of hydrogen-bond acceptors (Lipinski definition) is 5. The molecule has 0 unspecified atom stereocenters. The molecule has 0 radical (unpaired) electrons. The predicted molar refractivity (Wildman–Crippen MR) is 75.0 cm³/mol. The van der Waals surface area contributed by atoms with Crippen molar-refractivity contribution in [1.29, 1.82) is 0 Å². The molecule has 0 saturated heterocycles. The number of aliphatic hydroxyl groups is 2. The molecular weight excluding hydrogens is 262 g/mol. The molecule has 3 N–H and O–H groups in total. The molecule has 0 aliphatic carbocycles. The summed E-state index contributed by atoms with van der Waals surface area (Å²) in [4.78, 5) is 23.1. The molecule has 118 valence electrons. The second kappa shape index (κ2) is 7.59. The molecule has 0 aromatic carbocycles. The first kappa shape index (κ1) is 18.9. The number of ether oxygens (including phenoxy) is 1. The Morgan fingerprint density at radius 2 is 1.75 bits per heavy atom. The lowest BCUT2D eigenvalue weighted by Crippen LogP contribution is -2.45. The van der Waals surface area contributed by atoms with E-state index >= 15 is 0 Å². The summed E-state index contributed by atoms with van der Waals surface area (Å²) in [6.45, 7) is 8.55. The van der Waals surface area contributed by atoms with Crippen LogP contribution in [0.5, 0.6) is 0 Å². The van der Waals surface area contributed by atoms with Crippen LogP contribution in [-0.4, -0.2) is 46.9 Å². The van der Waals surface area contributed by atoms with Crippen molar-refractivity contribution >= 4 is 11.9 Å². The third-order valence-corrected chi connectivity index (χ3v) is 2.67. The summed E-state index contributed by atoms with van der Waals surface area (Å²) < 4.78 is 5.13. The molecule has 0 saturated carbocycles. The molecule has 0 aliphatic rings. The van der Waals surface area contributed by atoms with Gasteiger partial charge in [-0.2, -0.15) is 0 Å². The van der Waals surface area contributed by atoms with E-state index in [2.05, 4.69) is 5.32 Å². The van der Waals surface area contributed by atoms with E-state index in [4.69, 9.17) is 9.84 Å². The van der Waals surface area contributed by atoms with Gasteiger partial charge in [-0.15, -0.1) is 0 Å². The Bertz CT molecular complexity index is 333. The SMILES string of the molecule is CC(C)(C)OC(=O)CCCNC(=O)[C@H](O)C(C)(C)CO. The minimum Gasteiger partial charge on any atom is -0.460 e. The van der Waals surface area contributed by atoms with Crippen molar-refractivity contribution in [3.8, 4) is 0 Å². The molecule has 1 atom stereocenters. The van der Waals surface area contributed by atoms with Gasteiger partial charge in [0.25, 0.3) is 0 Å². The fourth-order valence-electron chi connectivity index (χ4n) is 1.37. The lowest BCUT2D eigenvalue weighted by molar-refractivity contribution is -0.155. The number of nitrogens with one attached hydrogen (secondary N) is 1. The van der Waals surface area contributed by atoms with E-state index < -0.39 is 23.0 Å². The first-order valence-corrected chi connectivity index (χ1v) is 6.78. The van der Waals surface area contributed by atoms with Crippen molar-refractivity contribution in [2.75, 3.05) is 13.2 Å². The summed E-state index contributed by atoms with van der Waals surface area (Å²) in [6, 6.07) is 0. The van der Waals surface area contributed by atoms with E-state index in [1.807, 2.05) is 0 Å². The van der Waals surface area contributed by atoms with Gasteiger partial charge in [0.15, 0.2) is 0 Å². The van der Waals surface area contributed by atoms with E-state index in [9.17, 15) is 14.7 Å². The van der Waals surface area contributed by atoms with Gasteiger partial charge in [0.2, 0.25) is 5.91 Å². The van der Waals surface area contributed by atoms with Crippen LogP contribution in [0.3, 0.4) is 0 Å². The minimum absolute atomic E-state index is 0.205. The summed E-state index contributed by atoms with van der Waals surface area (Å²) in [7, 11) is 0. The number of carbonyl (C=O) groups excluding carboxylic acids is 2. The van der Waals surface area contributed by atoms with Gasteiger partial charge >= 0.3 is 5.97 Å². The Kier molecular flexibility index (Phi) is 7.16. The van der Waals surface area contributed by atoms with Gasteiger partial charge in [0.1, 0.15) is 11.7 Å². The molecule has 0 heterocycles. The third-order valence-electron chi connectivity index (χ3n) is 2.67. The van der Waals surface area contributed by atoms with E-state index in [0.717, 1.165) is 0 Å². The van der Waals surface area contributed by atoms with Crippen LogP contribution in [0.1, 0.15) is 47.5 Å². The summed E-state index contributed by atoms with van der Waals surface area (Å²) in [5.41, 5.74) is -1.41. The minimum atomic E-state index is -1.28. The first-order valence-electron chi connectivity index (χ1n) is 6.78. The van der Waals surface area contributed by atoms with E-state index in [1.165, 1.54) is 0 Å². The predicted octanol–water partition coefficient (Wildman–Crippen LogP) is 0.604. The van der Waals surface area contributed by atoms with Crippen LogP contribution in [0.25, 0.3) is 0 Å². The highest BCUT2D eigenvalue weighted by Crippen LogP contribution is 2.19. The average Bonchev–Trinajstić information content (AvgIpc) is 2.31. The Morgan fingerprint density at radius 1 is 1.20 bits per heavy atom. The number of carbonyl (C=O) groups is 2. The molecule has 0 bridgehead atoms. The number of aliphatic hydroxyl groups excluding tert-OH is 2. The van der Waals surface area contributed by atoms with Crippen molar-refractivity contribution in [1.82, 2.24) is 5.32 Å². The second-order valence-electron chi connectivity index (χ2n) is 6.53. The van der Waals surface area contributed by atoms with Gasteiger partial charge in [-0.25, -0.2) is 0 Å². The molecule has 0 fully saturated rings. The van der Waals surface area contributed by atoms with Crippen LogP contribution in [-0.2, 0) is 14.3 Å². The molecule has 0 spiro atoms.